The maximum atomic E-state index is 6.15. The fourth-order valence-corrected chi connectivity index (χ4v) is 4.18. The van der Waals surface area contributed by atoms with E-state index in [1.54, 1.807) is 0 Å². The summed E-state index contributed by atoms with van der Waals surface area (Å²) in [5.41, 5.74) is 2.23. The summed E-state index contributed by atoms with van der Waals surface area (Å²) in [6.45, 7) is 8.27. The summed E-state index contributed by atoms with van der Waals surface area (Å²) in [5, 5.41) is 4.29. The predicted molar refractivity (Wildman–Crippen MR) is 92.9 cm³/mol. The molecule has 21 heavy (non-hydrogen) atoms. The van der Waals surface area contributed by atoms with Gasteiger partial charge in [-0.3, -0.25) is 0 Å². The molecule has 0 aliphatic heterocycles. The fraction of sp³-hybridized carbons (Fsp3) is 0.684. The standard InChI is InChI=1S/C19H30ClN/c1-18(2,3)16-8-10-19(11-9-16,14-21-4)13-15-6-5-7-17(20)12-15/h5-7,12,16,21H,8-11,13-14H2,1-4H3. The SMILES string of the molecule is CNCC1(Cc2cccc(Cl)c2)CCC(C(C)(C)C)CC1. The molecule has 0 heterocycles. The smallest absolute Gasteiger partial charge is 0.0408 e. The third-order valence-corrected chi connectivity index (χ3v) is 5.53. The Bertz CT molecular complexity index is 453. The molecule has 118 valence electrons. The molecule has 1 saturated carbocycles. The zero-order chi connectivity index (χ0) is 15.5. The molecule has 0 aromatic heterocycles. The molecule has 0 spiro atoms. The van der Waals surface area contributed by atoms with Crippen LogP contribution in [0.5, 0.6) is 0 Å². The van der Waals surface area contributed by atoms with Crippen molar-refractivity contribution in [3.8, 4) is 0 Å². The van der Waals surface area contributed by atoms with Crippen LogP contribution in [0.3, 0.4) is 0 Å². The number of hydrogen-bond acceptors (Lipinski definition) is 1. The summed E-state index contributed by atoms with van der Waals surface area (Å²) in [6, 6.07) is 8.39. The van der Waals surface area contributed by atoms with Gasteiger partial charge in [0.15, 0.2) is 0 Å². The van der Waals surface area contributed by atoms with Crippen LogP contribution in [0, 0.1) is 16.7 Å². The normalized spacial score (nSPS) is 26.8. The van der Waals surface area contributed by atoms with Gasteiger partial charge >= 0.3 is 0 Å². The maximum Gasteiger partial charge on any atom is 0.0408 e. The lowest BCUT2D eigenvalue weighted by Crippen LogP contribution is -2.40. The molecule has 1 aromatic rings. The topological polar surface area (TPSA) is 12.0 Å². The van der Waals surface area contributed by atoms with E-state index >= 15 is 0 Å². The highest BCUT2D eigenvalue weighted by Crippen LogP contribution is 2.46. The molecule has 1 aliphatic carbocycles. The highest BCUT2D eigenvalue weighted by Gasteiger charge is 2.38. The molecule has 1 fully saturated rings. The van der Waals surface area contributed by atoms with Crippen molar-refractivity contribution < 1.29 is 0 Å². The second kappa shape index (κ2) is 6.71. The van der Waals surface area contributed by atoms with Gasteiger partial charge in [0.2, 0.25) is 0 Å². The first-order valence-electron chi connectivity index (χ1n) is 8.24. The Balaban J connectivity index is 2.09. The second-order valence-electron chi connectivity index (χ2n) is 7.98. The van der Waals surface area contributed by atoms with Crippen LogP contribution in [-0.2, 0) is 6.42 Å². The van der Waals surface area contributed by atoms with Crippen LogP contribution in [0.15, 0.2) is 24.3 Å². The third kappa shape index (κ3) is 4.47. The van der Waals surface area contributed by atoms with Crippen LogP contribution in [0.4, 0.5) is 0 Å². The second-order valence-corrected chi connectivity index (χ2v) is 8.41. The Labute approximate surface area is 135 Å². The molecule has 0 radical (unpaired) electrons. The Morgan fingerprint density at radius 2 is 1.90 bits per heavy atom. The Morgan fingerprint density at radius 3 is 2.43 bits per heavy atom. The average Bonchev–Trinajstić information content (AvgIpc) is 2.38. The van der Waals surface area contributed by atoms with Crippen LogP contribution in [0.2, 0.25) is 5.02 Å². The number of rotatable bonds is 4. The highest BCUT2D eigenvalue weighted by atomic mass is 35.5. The van der Waals surface area contributed by atoms with Crippen LogP contribution >= 0.6 is 11.6 Å². The van der Waals surface area contributed by atoms with Crippen molar-refractivity contribution in [2.45, 2.75) is 52.9 Å². The van der Waals surface area contributed by atoms with Gasteiger partial charge in [-0.2, -0.15) is 0 Å². The fourth-order valence-electron chi connectivity index (χ4n) is 3.97. The summed E-state index contributed by atoms with van der Waals surface area (Å²) in [4.78, 5) is 0. The zero-order valence-electron chi connectivity index (χ0n) is 14.0. The minimum atomic E-state index is 0.404. The number of hydrogen-bond donors (Lipinski definition) is 1. The van der Waals surface area contributed by atoms with Gasteiger partial charge in [0.05, 0.1) is 0 Å². The number of halogens is 1. The average molecular weight is 308 g/mol. The van der Waals surface area contributed by atoms with E-state index in [2.05, 4.69) is 51.3 Å². The van der Waals surface area contributed by atoms with E-state index in [1.807, 2.05) is 6.07 Å². The highest BCUT2D eigenvalue weighted by molar-refractivity contribution is 6.30. The molecule has 2 heteroatoms. The van der Waals surface area contributed by atoms with Crippen molar-refractivity contribution in [3.05, 3.63) is 34.9 Å². The first-order valence-corrected chi connectivity index (χ1v) is 8.61. The molecule has 0 bridgehead atoms. The molecule has 0 atom stereocenters. The lowest BCUT2D eigenvalue weighted by molar-refractivity contribution is 0.0877. The summed E-state index contributed by atoms with van der Waals surface area (Å²) in [5.74, 6) is 0.863. The van der Waals surface area contributed by atoms with Gasteiger partial charge in [-0.25, -0.2) is 0 Å². The summed E-state index contributed by atoms with van der Waals surface area (Å²) >= 11 is 6.15. The molecule has 1 nitrogen and oxygen atoms in total. The Morgan fingerprint density at radius 1 is 1.24 bits per heavy atom. The molecular weight excluding hydrogens is 278 g/mol. The first kappa shape index (κ1) is 16.8. The van der Waals surface area contributed by atoms with Crippen LogP contribution < -0.4 is 5.32 Å². The molecule has 0 unspecified atom stereocenters. The predicted octanol–water partition coefficient (Wildman–Crippen LogP) is 5.32. The van der Waals surface area contributed by atoms with Gasteiger partial charge in [0.1, 0.15) is 0 Å². The summed E-state index contributed by atoms with van der Waals surface area (Å²) in [7, 11) is 2.08. The quantitative estimate of drug-likeness (QED) is 0.793. The van der Waals surface area contributed by atoms with Crippen LogP contribution in [0.25, 0.3) is 0 Å². The van der Waals surface area contributed by atoms with Gasteiger partial charge in [-0.15, -0.1) is 0 Å². The monoisotopic (exact) mass is 307 g/mol. The van der Waals surface area contributed by atoms with Crippen LogP contribution in [-0.4, -0.2) is 13.6 Å². The molecule has 0 saturated heterocycles. The lowest BCUT2D eigenvalue weighted by atomic mass is 9.62. The minimum absolute atomic E-state index is 0.404. The van der Waals surface area contributed by atoms with Gasteiger partial charge < -0.3 is 5.32 Å². The minimum Gasteiger partial charge on any atom is -0.319 e. The van der Waals surface area contributed by atoms with E-state index in [0.717, 1.165) is 23.9 Å². The molecular formula is C19H30ClN. The maximum absolute atomic E-state index is 6.15. The lowest BCUT2D eigenvalue weighted by Gasteiger charge is -2.44. The number of benzene rings is 1. The van der Waals surface area contributed by atoms with E-state index in [9.17, 15) is 0 Å². The molecule has 1 aromatic carbocycles. The van der Waals surface area contributed by atoms with Crippen molar-refractivity contribution in [2.24, 2.45) is 16.7 Å². The van der Waals surface area contributed by atoms with Gasteiger partial charge in [-0.05, 0) is 73.6 Å². The van der Waals surface area contributed by atoms with Gasteiger partial charge in [0, 0.05) is 11.6 Å². The van der Waals surface area contributed by atoms with Crippen molar-refractivity contribution in [3.63, 3.8) is 0 Å². The Hall–Kier alpha value is -0.530. The van der Waals surface area contributed by atoms with Gasteiger partial charge in [0.25, 0.3) is 0 Å². The molecule has 1 N–H and O–H groups in total. The Kier molecular flexibility index (Phi) is 5.38. The van der Waals surface area contributed by atoms with E-state index in [0.29, 0.717) is 10.8 Å². The third-order valence-electron chi connectivity index (χ3n) is 5.29. The molecule has 2 rings (SSSR count). The van der Waals surface area contributed by atoms with Crippen molar-refractivity contribution in [1.29, 1.82) is 0 Å². The van der Waals surface area contributed by atoms with Crippen molar-refractivity contribution >= 4 is 11.6 Å². The largest absolute Gasteiger partial charge is 0.319 e. The summed E-state index contributed by atoms with van der Waals surface area (Å²) in [6.07, 6.45) is 6.49. The van der Waals surface area contributed by atoms with Crippen molar-refractivity contribution in [2.75, 3.05) is 13.6 Å². The summed E-state index contributed by atoms with van der Waals surface area (Å²) < 4.78 is 0. The van der Waals surface area contributed by atoms with E-state index < -0.39 is 0 Å². The van der Waals surface area contributed by atoms with Crippen LogP contribution in [0.1, 0.15) is 52.0 Å². The van der Waals surface area contributed by atoms with E-state index in [1.165, 1.54) is 31.2 Å². The molecule has 1 aliphatic rings. The van der Waals surface area contributed by atoms with Crippen molar-refractivity contribution in [1.82, 2.24) is 5.32 Å². The zero-order valence-corrected chi connectivity index (χ0v) is 14.8. The number of nitrogens with one attached hydrogen (secondary N) is 1. The first-order chi connectivity index (χ1) is 9.85. The van der Waals surface area contributed by atoms with E-state index in [4.69, 9.17) is 11.6 Å². The van der Waals surface area contributed by atoms with E-state index in [-0.39, 0.29) is 0 Å². The molecule has 0 amide bonds. The van der Waals surface area contributed by atoms with Gasteiger partial charge in [-0.1, -0.05) is 44.5 Å².